The highest BCUT2D eigenvalue weighted by Gasteiger charge is 2.09. The lowest BCUT2D eigenvalue weighted by atomic mass is 10.2. The van der Waals surface area contributed by atoms with Crippen molar-refractivity contribution in [2.45, 2.75) is 65.2 Å². The summed E-state index contributed by atoms with van der Waals surface area (Å²) in [6, 6.07) is 22.0. The first kappa shape index (κ1) is 28.2. The molecule has 0 aromatic carbocycles. The molecule has 0 saturated heterocycles. The van der Waals surface area contributed by atoms with Gasteiger partial charge in [0.1, 0.15) is 0 Å². The lowest BCUT2D eigenvalue weighted by molar-refractivity contribution is 0.722. The van der Waals surface area contributed by atoms with Crippen LogP contribution in [0.3, 0.4) is 0 Å². The molecule has 0 radical (unpaired) electrons. The van der Waals surface area contributed by atoms with E-state index >= 15 is 0 Å². The van der Waals surface area contributed by atoms with Gasteiger partial charge in [-0.25, -0.2) is 0 Å². The van der Waals surface area contributed by atoms with E-state index in [1.165, 1.54) is 80.6 Å². The highest BCUT2D eigenvalue weighted by molar-refractivity contribution is 7.26. The number of aryl methyl sites for hydroxylation is 2. The zero-order valence-corrected chi connectivity index (χ0v) is 26.6. The number of hydrogen-bond acceptors (Lipinski definition) is 5. The molecule has 0 fully saturated rings. The highest BCUT2D eigenvalue weighted by atomic mass is 32.1. The maximum atomic E-state index is 3.39. The molecule has 5 heterocycles. The third-order valence-corrected chi connectivity index (χ3v) is 11.9. The quantitative estimate of drug-likeness (QED) is 0.110. The third kappa shape index (κ3) is 8.07. The second-order valence-electron chi connectivity index (χ2n) is 9.44. The zero-order valence-electron chi connectivity index (χ0n) is 22.5. The van der Waals surface area contributed by atoms with E-state index in [4.69, 9.17) is 0 Å². The van der Waals surface area contributed by atoms with E-state index in [1.54, 1.807) is 22.7 Å². The van der Waals surface area contributed by atoms with Crippen molar-refractivity contribution < 1.29 is 0 Å². The monoisotopic (exact) mass is 600 g/mol. The van der Waals surface area contributed by atoms with Gasteiger partial charge in [0.15, 0.2) is 0 Å². The first-order valence-electron chi connectivity index (χ1n) is 13.7. The molecule has 0 N–H and O–H groups in total. The van der Waals surface area contributed by atoms with Crippen molar-refractivity contribution in [1.29, 1.82) is 0 Å². The molecule has 5 aromatic rings. The molecule has 0 atom stereocenters. The summed E-state index contributed by atoms with van der Waals surface area (Å²) in [6.07, 6.45) is 10.0. The summed E-state index contributed by atoms with van der Waals surface area (Å²) in [6.45, 7) is 4.51. The van der Waals surface area contributed by atoms with E-state index in [-0.39, 0.29) is 0 Å². The van der Waals surface area contributed by atoms with Crippen molar-refractivity contribution in [3.63, 3.8) is 0 Å². The summed E-state index contributed by atoms with van der Waals surface area (Å²) in [7, 11) is 0. The number of unbranched alkanes of at least 4 members (excludes halogenated alkanes) is 4. The molecule has 0 saturated carbocycles. The van der Waals surface area contributed by atoms with Gasteiger partial charge in [-0.2, -0.15) is 0 Å². The summed E-state index contributed by atoms with van der Waals surface area (Å²) in [5.41, 5.74) is 0. The minimum atomic E-state index is 1.12. The second kappa shape index (κ2) is 14.3. The fraction of sp³-hybridized carbons (Fsp3) is 0.294. The molecule has 0 aliphatic rings. The Hall–Kier alpha value is -2.38. The first-order valence-corrected chi connectivity index (χ1v) is 17.8. The van der Waals surface area contributed by atoms with Crippen LogP contribution in [-0.2, 0) is 12.8 Å². The highest BCUT2D eigenvalue weighted by Crippen LogP contribution is 2.39. The van der Waals surface area contributed by atoms with Gasteiger partial charge in [0, 0.05) is 29.3 Å². The largest absolute Gasteiger partial charge is 0.134 e. The Morgan fingerprint density at radius 2 is 0.769 bits per heavy atom. The smallest absolute Gasteiger partial charge is 0.0779 e. The molecule has 0 aliphatic heterocycles. The number of rotatable bonds is 10. The van der Waals surface area contributed by atoms with E-state index in [0.29, 0.717) is 0 Å². The van der Waals surface area contributed by atoms with Gasteiger partial charge < -0.3 is 0 Å². The van der Waals surface area contributed by atoms with Crippen molar-refractivity contribution in [2.24, 2.45) is 0 Å². The lowest BCUT2D eigenvalue weighted by Gasteiger charge is -1.93. The Morgan fingerprint density at radius 3 is 1.21 bits per heavy atom. The Kier molecular flexibility index (Phi) is 10.3. The van der Waals surface area contributed by atoms with Crippen LogP contribution in [0.4, 0.5) is 0 Å². The van der Waals surface area contributed by atoms with Gasteiger partial charge in [-0.15, -0.1) is 56.7 Å². The van der Waals surface area contributed by atoms with E-state index in [1.807, 2.05) is 34.0 Å². The molecular formula is C34H32S5. The van der Waals surface area contributed by atoms with Crippen molar-refractivity contribution >= 4 is 56.7 Å². The Bertz CT molecular complexity index is 1490. The van der Waals surface area contributed by atoms with Crippen LogP contribution in [0.2, 0.25) is 0 Å². The SMILES string of the molecule is CCCCCc1ccc(C#Cc2ccc(-c3ccc(-c4ccc(C#Cc5ccc(CCCCC)s5)s4)s3)s2)s1. The second-order valence-corrected chi connectivity index (χ2v) is 15.0. The molecule has 5 aromatic heterocycles. The summed E-state index contributed by atoms with van der Waals surface area (Å²) in [4.78, 5) is 12.6. The van der Waals surface area contributed by atoms with Crippen LogP contribution in [0, 0.1) is 23.7 Å². The maximum Gasteiger partial charge on any atom is 0.0779 e. The molecule has 0 unspecified atom stereocenters. The average Bonchev–Trinajstić information content (AvgIpc) is 3.77. The Morgan fingerprint density at radius 1 is 0.410 bits per heavy atom. The minimum Gasteiger partial charge on any atom is -0.134 e. The molecule has 0 amide bonds. The molecule has 0 aliphatic carbocycles. The van der Waals surface area contributed by atoms with Crippen LogP contribution in [0.1, 0.15) is 81.6 Å². The van der Waals surface area contributed by atoms with Crippen molar-refractivity contribution in [2.75, 3.05) is 0 Å². The molecule has 5 heteroatoms. The van der Waals surface area contributed by atoms with Crippen molar-refractivity contribution in [3.05, 3.63) is 89.9 Å². The van der Waals surface area contributed by atoms with Crippen LogP contribution in [0.25, 0.3) is 19.5 Å². The van der Waals surface area contributed by atoms with Gasteiger partial charge in [-0.05, 0) is 110 Å². The topological polar surface area (TPSA) is 0 Å². The van der Waals surface area contributed by atoms with Gasteiger partial charge in [-0.3, -0.25) is 0 Å². The molecule has 0 nitrogen and oxygen atoms in total. The standard InChI is InChI=1S/C34H32S5/c1-3-5-7-9-25-11-13-27(35-25)15-17-29-19-21-31(37-29)33-23-24-34(39-33)32-22-20-30(38-32)18-16-28-14-12-26(36-28)10-8-6-4-2/h11-14,19-24H,3-10H2,1-2H3. The van der Waals surface area contributed by atoms with Gasteiger partial charge in [0.05, 0.1) is 19.5 Å². The molecule has 0 spiro atoms. The van der Waals surface area contributed by atoms with E-state index in [2.05, 4.69) is 98.2 Å². The van der Waals surface area contributed by atoms with Crippen LogP contribution >= 0.6 is 56.7 Å². The zero-order chi connectivity index (χ0) is 26.9. The molecular weight excluding hydrogens is 569 g/mol. The Labute approximate surface area is 253 Å². The number of hydrogen-bond donors (Lipinski definition) is 0. The average molecular weight is 601 g/mol. The van der Waals surface area contributed by atoms with E-state index in [9.17, 15) is 0 Å². The minimum absolute atomic E-state index is 1.12. The van der Waals surface area contributed by atoms with E-state index < -0.39 is 0 Å². The summed E-state index contributed by atoms with van der Waals surface area (Å²) in [5.74, 6) is 13.5. The van der Waals surface area contributed by atoms with Gasteiger partial charge in [0.2, 0.25) is 0 Å². The maximum absolute atomic E-state index is 3.39. The normalized spacial score (nSPS) is 10.7. The predicted molar refractivity (Wildman–Crippen MR) is 178 cm³/mol. The fourth-order valence-corrected chi connectivity index (χ4v) is 8.89. The summed E-state index contributed by atoms with van der Waals surface area (Å²) in [5, 5.41) is 0. The van der Waals surface area contributed by atoms with Crippen molar-refractivity contribution in [3.8, 4) is 43.2 Å². The van der Waals surface area contributed by atoms with Gasteiger partial charge in [-0.1, -0.05) is 39.5 Å². The van der Waals surface area contributed by atoms with Gasteiger partial charge in [0.25, 0.3) is 0 Å². The van der Waals surface area contributed by atoms with Crippen LogP contribution in [-0.4, -0.2) is 0 Å². The lowest BCUT2D eigenvalue weighted by Crippen LogP contribution is -1.78. The fourth-order valence-electron chi connectivity index (χ4n) is 4.18. The Balaban J connectivity index is 1.20. The first-order chi connectivity index (χ1) is 19.2. The van der Waals surface area contributed by atoms with Crippen LogP contribution in [0.15, 0.2) is 60.7 Å². The van der Waals surface area contributed by atoms with Crippen LogP contribution < -0.4 is 0 Å². The predicted octanol–water partition coefficient (Wildman–Crippen LogP) is 11.6. The van der Waals surface area contributed by atoms with Crippen LogP contribution in [0.5, 0.6) is 0 Å². The number of thiophene rings is 5. The molecule has 0 bridgehead atoms. The summed E-state index contributed by atoms with van der Waals surface area (Å²) < 4.78 is 0. The van der Waals surface area contributed by atoms with Crippen molar-refractivity contribution in [1.82, 2.24) is 0 Å². The molecule has 39 heavy (non-hydrogen) atoms. The van der Waals surface area contributed by atoms with E-state index in [0.717, 1.165) is 19.5 Å². The van der Waals surface area contributed by atoms with Gasteiger partial charge >= 0.3 is 0 Å². The molecule has 198 valence electrons. The molecule has 5 rings (SSSR count). The third-order valence-electron chi connectivity index (χ3n) is 6.30. The summed E-state index contributed by atoms with van der Waals surface area (Å²) >= 11 is 9.09.